The van der Waals surface area contributed by atoms with Gasteiger partial charge in [-0.3, -0.25) is 9.69 Å². The van der Waals surface area contributed by atoms with Crippen LogP contribution in [0.25, 0.3) is 0 Å². The van der Waals surface area contributed by atoms with E-state index in [1.54, 1.807) is 25.9 Å². The monoisotopic (exact) mass is 189 g/mol. The van der Waals surface area contributed by atoms with Crippen LogP contribution in [0.1, 0.15) is 6.92 Å². The molecule has 0 aliphatic carbocycles. The molecule has 0 saturated heterocycles. The zero-order valence-corrected chi connectivity index (χ0v) is 8.02. The molecule has 1 atom stereocenters. The highest BCUT2D eigenvalue weighted by atomic mass is 16.4. The van der Waals surface area contributed by atoms with Crippen molar-refractivity contribution in [3.05, 3.63) is 12.7 Å². The normalized spacial score (nSPS) is 11.1. The average molecular weight is 189 g/mol. The molecule has 0 aromatic heterocycles. The van der Waals surface area contributed by atoms with Gasteiger partial charge in [-0.1, -0.05) is 6.58 Å². The Morgan fingerprint density at radius 3 is 1.69 bits per heavy atom. The van der Waals surface area contributed by atoms with Crippen molar-refractivity contribution in [1.82, 2.24) is 4.90 Å². The fourth-order valence-electron chi connectivity index (χ4n) is 0.221. The molecule has 13 heavy (non-hydrogen) atoms. The smallest absolute Gasteiger partial charge is 0.327 e. The summed E-state index contributed by atoms with van der Waals surface area (Å²) in [5.41, 5.74) is 0. The van der Waals surface area contributed by atoms with Crippen molar-refractivity contribution in [2.24, 2.45) is 0 Å². The summed E-state index contributed by atoms with van der Waals surface area (Å²) in [6, 6.07) is -0.380. The molecule has 76 valence electrons. The maximum atomic E-state index is 10.1. The van der Waals surface area contributed by atoms with Crippen LogP contribution < -0.4 is 0 Å². The van der Waals surface area contributed by atoms with E-state index >= 15 is 0 Å². The molecule has 0 aromatic rings. The first-order chi connectivity index (χ1) is 5.82. The molecule has 0 rings (SSSR count). The summed E-state index contributed by atoms with van der Waals surface area (Å²) in [5.74, 6) is -1.76. The highest BCUT2D eigenvalue weighted by molar-refractivity contribution is 5.78. The maximum absolute atomic E-state index is 10.1. The van der Waals surface area contributed by atoms with Gasteiger partial charge in [0.05, 0.1) is 0 Å². The lowest BCUT2D eigenvalue weighted by Crippen LogP contribution is -2.32. The van der Waals surface area contributed by atoms with Crippen LogP contribution in [0.4, 0.5) is 0 Å². The van der Waals surface area contributed by atoms with Gasteiger partial charge in [-0.2, -0.15) is 0 Å². The third kappa shape index (κ3) is 10.6. The molecule has 5 nitrogen and oxygen atoms in total. The van der Waals surface area contributed by atoms with Crippen LogP contribution in [0, 0.1) is 0 Å². The van der Waals surface area contributed by atoms with Gasteiger partial charge in [0.25, 0.3) is 0 Å². The molecule has 0 fully saturated rings. The Hall–Kier alpha value is -1.36. The second kappa shape index (κ2) is 7.30. The molecule has 0 spiro atoms. The fraction of sp³-hybridized carbons (Fsp3) is 0.500. The molecule has 0 bridgehead atoms. The number of carboxylic acid groups (broad SMARTS) is 2. The first-order valence-electron chi connectivity index (χ1n) is 3.57. The first kappa shape index (κ1) is 14.2. The van der Waals surface area contributed by atoms with Gasteiger partial charge in [0, 0.05) is 6.08 Å². The van der Waals surface area contributed by atoms with Gasteiger partial charge < -0.3 is 10.2 Å². The van der Waals surface area contributed by atoms with Crippen molar-refractivity contribution in [3.63, 3.8) is 0 Å². The number of hydrogen-bond acceptors (Lipinski definition) is 3. The minimum atomic E-state index is -0.981. The predicted molar refractivity (Wildman–Crippen MR) is 48.6 cm³/mol. The molecule has 0 radical (unpaired) electrons. The standard InChI is InChI=1S/C5H11NO2.C3H4O2/c1-4(5(7)8)6(2)3;1-2-3(4)5/h4H,1-3H3,(H,7,8);2H,1H2,(H,4,5). The lowest BCUT2D eigenvalue weighted by molar-refractivity contribution is -0.141. The van der Waals surface area contributed by atoms with Gasteiger partial charge in [0.2, 0.25) is 0 Å². The Balaban J connectivity index is 0. The molecule has 5 heteroatoms. The van der Waals surface area contributed by atoms with Crippen LogP contribution in [-0.2, 0) is 9.59 Å². The molecule has 0 aromatic carbocycles. The molecular formula is C8H15NO4. The maximum Gasteiger partial charge on any atom is 0.327 e. The summed E-state index contributed by atoms with van der Waals surface area (Å²) >= 11 is 0. The molecule has 2 N–H and O–H groups in total. The second-order valence-corrected chi connectivity index (χ2v) is 2.52. The lowest BCUT2D eigenvalue weighted by atomic mass is 10.3. The van der Waals surface area contributed by atoms with Crippen molar-refractivity contribution >= 4 is 11.9 Å². The van der Waals surface area contributed by atoms with Crippen molar-refractivity contribution < 1.29 is 19.8 Å². The van der Waals surface area contributed by atoms with E-state index < -0.39 is 11.9 Å². The first-order valence-corrected chi connectivity index (χ1v) is 3.57. The molecular weight excluding hydrogens is 174 g/mol. The quantitative estimate of drug-likeness (QED) is 0.623. The number of nitrogens with zero attached hydrogens (tertiary/aromatic N) is 1. The zero-order chi connectivity index (χ0) is 11.0. The van der Waals surface area contributed by atoms with E-state index in [1.807, 2.05) is 0 Å². The molecule has 0 saturated carbocycles. The molecule has 0 aliphatic heterocycles. The van der Waals surface area contributed by atoms with Crippen LogP contribution in [0.3, 0.4) is 0 Å². The van der Waals surface area contributed by atoms with Gasteiger partial charge in [-0.25, -0.2) is 4.79 Å². The highest BCUT2D eigenvalue weighted by Gasteiger charge is 2.11. The number of carboxylic acids is 2. The van der Waals surface area contributed by atoms with Crippen LogP contribution in [0.5, 0.6) is 0 Å². The van der Waals surface area contributed by atoms with Crippen LogP contribution in [-0.4, -0.2) is 47.2 Å². The van der Waals surface area contributed by atoms with Crippen LogP contribution >= 0.6 is 0 Å². The van der Waals surface area contributed by atoms with E-state index in [0.29, 0.717) is 0 Å². The second-order valence-electron chi connectivity index (χ2n) is 2.52. The minimum absolute atomic E-state index is 0.380. The summed E-state index contributed by atoms with van der Waals surface area (Å²) in [6.45, 7) is 4.60. The summed E-state index contributed by atoms with van der Waals surface area (Å²) in [6.07, 6.45) is 0.833. The van der Waals surface area contributed by atoms with E-state index in [9.17, 15) is 9.59 Å². The molecule has 0 heterocycles. The van der Waals surface area contributed by atoms with E-state index in [1.165, 1.54) is 0 Å². The highest BCUT2D eigenvalue weighted by Crippen LogP contribution is 1.88. The molecule has 1 unspecified atom stereocenters. The van der Waals surface area contributed by atoms with Crippen molar-refractivity contribution in [2.75, 3.05) is 14.1 Å². The largest absolute Gasteiger partial charge is 0.480 e. The predicted octanol–water partition coefficient (Wildman–Crippen LogP) is 0.278. The van der Waals surface area contributed by atoms with Crippen molar-refractivity contribution in [1.29, 1.82) is 0 Å². The number of hydrogen-bond donors (Lipinski definition) is 2. The summed E-state index contributed by atoms with van der Waals surface area (Å²) in [5, 5.41) is 15.9. The minimum Gasteiger partial charge on any atom is -0.480 e. The van der Waals surface area contributed by atoms with Gasteiger partial charge in [0.1, 0.15) is 6.04 Å². The van der Waals surface area contributed by atoms with Crippen LogP contribution in [0.15, 0.2) is 12.7 Å². The van der Waals surface area contributed by atoms with Crippen molar-refractivity contribution in [2.45, 2.75) is 13.0 Å². The Kier molecular flexibility index (Phi) is 7.96. The molecule has 0 aliphatic rings. The van der Waals surface area contributed by atoms with E-state index in [-0.39, 0.29) is 6.04 Å². The SMILES string of the molecule is C=CC(=O)O.CC(C(=O)O)N(C)C. The third-order valence-electron chi connectivity index (χ3n) is 1.31. The van der Waals surface area contributed by atoms with Gasteiger partial charge >= 0.3 is 11.9 Å². The Labute approximate surface area is 77.3 Å². The summed E-state index contributed by atoms with van der Waals surface area (Å²) in [4.78, 5) is 21.0. The Bertz CT molecular complexity index is 189. The van der Waals surface area contributed by atoms with E-state index in [2.05, 4.69) is 6.58 Å². The van der Waals surface area contributed by atoms with Gasteiger partial charge in [-0.15, -0.1) is 0 Å². The van der Waals surface area contributed by atoms with E-state index in [4.69, 9.17) is 10.2 Å². The van der Waals surface area contributed by atoms with Crippen molar-refractivity contribution in [3.8, 4) is 0 Å². The summed E-state index contributed by atoms with van der Waals surface area (Å²) in [7, 11) is 3.47. The Morgan fingerprint density at radius 1 is 1.38 bits per heavy atom. The van der Waals surface area contributed by atoms with Gasteiger partial charge in [0.15, 0.2) is 0 Å². The lowest BCUT2D eigenvalue weighted by Gasteiger charge is -2.13. The Morgan fingerprint density at radius 2 is 1.69 bits per heavy atom. The fourth-order valence-corrected chi connectivity index (χ4v) is 0.221. The van der Waals surface area contributed by atoms with Gasteiger partial charge in [-0.05, 0) is 21.0 Å². The number of carbonyl (C=O) groups is 2. The van der Waals surface area contributed by atoms with Crippen LogP contribution in [0.2, 0.25) is 0 Å². The topological polar surface area (TPSA) is 77.8 Å². The van der Waals surface area contributed by atoms with E-state index in [0.717, 1.165) is 6.08 Å². The molecule has 0 amide bonds. The average Bonchev–Trinajstić information content (AvgIpc) is 2.03. The summed E-state index contributed by atoms with van der Waals surface area (Å²) < 4.78 is 0. The third-order valence-corrected chi connectivity index (χ3v) is 1.31. The number of rotatable bonds is 3. The number of aliphatic carboxylic acids is 2. The zero-order valence-electron chi connectivity index (χ0n) is 8.02. The number of likely N-dealkylation sites (N-methyl/N-ethyl adjacent to an activating group) is 1.